The van der Waals surface area contributed by atoms with Crippen LogP contribution in [-0.2, 0) is 0 Å². The summed E-state index contributed by atoms with van der Waals surface area (Å²) in [5.74, 6) is 0. The van der Waals surface area contributed by atoms with Gasteiger partial charge in [-0.1, -0.05) is 64.0 Å². The van der Waals surface area contributed by atoms with Crippen LogP contribution in [0.2, 0.25) is 25.7 Å². The number of allylic oxidation sites excluding steroid dienone is 1. The van der Waals surface area contributed by atoms with Gasteiger partial charge in [-0.3, -0.25) is 0 Å². The lowest BCUT2D eigenvalue weighted by Gasteiger charge is -2.16. The summed E-state index contributed by atoms with van der Waals surface area (Å²) in [6.07, 6.45) is 11.2. The number of aliphatic hydroxyl groups is 1. The smallest absolute Gasteiger partial charge is 0.0718 e. The summed E-state index contributed by atoms with van der Waals surface area (Å²) in [5, 5.41) is 9.75. The molecule has 96 valence electrons. The van der Waals surface area contributed by atoms with E-state index < -0.39 is 8.07 Å². The van der Waals surface area contributed by atoms with Crippen molar-refractivity contribution >= 4 is 8.07 Å². The highest BCUT2D eigenvalue weighted by Crippen LogP contribution is 2.13. The monoisotopic (exact) mass is 242 g/mol. The topological polar surface area (TPSA) is 20.2 Å². The highest BCUT2D eigenvalue weighted by molar-refractivity contribution is 6.76. The van der Waals surface area contributed by atoms with Crippen molar-refractivity contribution in [3.05, 3.63) is 12.2 Å². The molecule has 0 fully saturated rings. The molecule has 0 heterocycles. The molecule has 0 aliphatic rings. The van der Waals surface area contributed by atoms with Gasteiger partial charge in [0.25, 0.3) is 0 Å². The van der Waals surface area contributed by atoms with Crippen molar-refractivity contribution in [3.8, 4) is 0 Å². The molecule has 1 atom stereocenters. The zero-order valence-electron chi connectivity index (χ0n) is 11.6. The highest BCUT2D eigenvalue weighted by Gasteiger charge is 2.13. The number of hydrogen-bond acceptors (Lipinski definition) is 1. The van der Waals surface area contributed by atoms with E-state index in [2.05, 4.69) is 32.6 Å². The quantitative estimate of drug-likeness (QED) is 0.356. The third-order valence-corrected chi connectivity index (χ3v) is 4.56. The molecule has 0 spiro atoms. The van der Waals surface area contributed by atoms with Crippen LogP contribution in [0.15, 0.2) is 12.2 Å². The number of unbranched alkanes of at least 4 members (excludes halogenated alkanes) is 4. The fraction of sp³-hybridized carbons (Fsp3) is 0.857. The Morgan fingerprint density at radius 2 is 1.81 bits per heavy atom. The minimum absolute atomic E-state index is 0.210. The second-order valence-corrected chi connectivity index (χ2v) is 11.6. The van der Waals surface area contributed by atoms with Crippen LogP contribution < -0.4 is 0 Å². The van der Waals surface area contributed by atoms with E-state index in [4.69, 9.17) is 0 Å². The van der Waals surface area contributed by atoms with Gasteiger partial charge in [0.1, 0.15) is 0 Å². The van der Waals surface area contributed by atoms with Gasteiger partial charge in [0.2, 0.25) is 0 Å². The Hall–Kier alpha value is -0.0831. The van der Waals surface area contributed by atoms with E-state index in [1.807, 2.05) is 6.08 Å². The summed E-state index contributed by atoms with van der Waals surface area (Å²) in [4.78, 5) is 0. The Bertz CT molecular complexity index is 182. The van der Waals surface area contributed by atoms with Crippen LogP contribution in [0.25, 0.3) is 0 Å². The third kappa shape index (κ3) is 12.0. The van der Waals surface area contributed by atoms with E-state index in [9.17, 15) is 5.11 Å². The molecular formula is C14H30OSi. The van der Waals surface area contributed by atoms with E-state index >= 15 is 0 Å². The van der Waals surface area contributed by atoms with E-state index in [0.717, 1.165) is 12.8 Å². The Labute approximate surface area is 103 Å². The average molecular weight is 242 g/mol. The SMILES string of the molecule is CCCCCC/C=C/C(O)CC[Si](C)(C)C. The lowest BCUT2D eigenvalue weighted by Crippen LogP contribution is -2.21. The molecule has 0 radical (unpaired) electrons. The Morgan fingerprint density at radius 1 is 1.12 bits per heavy atom. The first kappa shape index (κ1) is 15.9. The minimum atomic E-state index is -0.979. The maximum atomic E-state index is 9.75. The summed E-state index contributed by atoms with van der Waals surface area (Å²) in [6.45, 7) is 9.30. The Kier molecular flexibility index (Phi) is 8.95. The largest absolute Gasteiger partial charge is 0.389 e. The van der Waals surface area contributed by atoms with Gasteiger partial charge in [0.05, 0.1) is 6.10 Å². The molecule has 0 bridgehead atoms. The Balaban J connectivity index is 3.47. The summed E-state index contributed by atoms with van der Waals surface area (Å²) in [7, 11) is -0.979. The molecule has 16 heavy (non-hydrogen) atoms. The van der Waals surface area contributed by atoms with Crippen LogP contribution in [-0.4, -0.2) is 19.3 Å². The van der Waals surface area contributed by atoms with Crippen molar-refractivity contribution in [2.45, 2.75) is 77.2 Å². The second-order valence-electron chi connectivity index (χ2n) is 5.94. The molecule has 0 aromatic carbocycles. The summed E-state index contributed by atoms with van der Waals surface area (Å²) < 4.78 is 0. The van der Waals surface area contributed by atoms with E-state index in [0.29, 0.717) is 0 Å². The summed E-state index contributed by atoms with van der Waals surface area (Å²) >= 11 is 0. The molecule has 0 amide bonds. The van der Waals surface area contributed by atoms with Gasteiger partial charge in [0.15, 0.2) is 0 Å². The van der Waals surface area contributed by atoms with Crippen LogP contribution in [0.1, 0.15) is 45.4 Å². The second kappa shape index (κ2) is 9.00. The molecule has 0 saturated heterocycles. The van der Waals surface area contributed by atoms with Crippen molar-refractivity contribution in [2.24, 2.45) is 0 Å². The van der Waals surface area contributed by atoms with Gasteiger partial charge in [-0.15, -0.1) is 0 Å². The van der Waals surface area contributed by atoms with Crippen molar-refractivity contribution in [1.29, 1.82) is 0 Å². The zero-order chi connectivity index (χ0) is 12.4. The predicted octanol–water partition coefficient (Wildman–Crippen LogP) is 4.60. The van der Waals surface area contributed by atoms with Crippen LogP contribution in [0.5, 0.6) is 0 Å². The van der Waals surface area contributed by atoms with Crippen molar-refractivity contribution in [2.75, 3.05) is 0 Å². The number of rotatable bonds is 9. The molecule has 0 rings (SSSR count). The summed E-state index contributed by atoms with van der Waals surface area (Å²) in [5.41, 5.74) is 0. The molecule has 1 nitrogen and oxygen atoms in total. The number of aliphatic hydroxyl groups excluding tert-OH is 1. The van der Waals surface area contributed by atoms with Gasteiger partial charge in [0, 0.05) is 8.07 Å². The highest BCUT2D eigenvalue weighted by atomic mass is 28.3. The Morgan fingerprint density at radius 3 is 2.38 bits per heavy atom. The maximum absolute atomic E-state index is 9.75. The third-order valence-electron chi connectivity index (χ3n) is 2.77. The number of hydrogen-bond donors (Lipinski definition) is 1. The molecule has 0 saturated carbocycles. The van der Waals surface area contributed by atoms with Crippen molar-refractivity contribution in [3.63, 3.8) is 0 Å². The molecule has 1 unspecified atom stereocenters. The zero-order valence-corrected chi connectivity index (χ0v) is 12.6. The molecule has 0 aromatic rings. The molecule has 2 heteroatoms. The predicted molar refractivity (Wildman–Crippen MR) is 76.7 cm³/mol. The minimum Gasteiger partial charge on any atom is -0.389 e. The standard InChI is InChI=1S/C14H30OSi/c1-5-6-7-8-9-10-11-14(15)12-13-16(2,3)4/h10-11,14-15H,5-9,12-13H2,1-4H3/b11-10+. The van der Waals surface area contributed by atoms with Gasteiger partial charge in [-0.05, 0) is 19.3 Å². The first-order chi connectivity index (χ1) is 7.45. The molecular weight excluding hydrogens is 212 g/mol. The fourth-order valence-electron chi connectivity index (χ4n) is 1.62. The molecule has 0 aromatic heterocycles. The molecule has 0 aliphatic heterocycles. The van der Waals surface area contributed by atoms with Gasteiger partial charge >= 0.3 is 0 Å². The first-order valence-corrected chi connectivity index (χ1v) is 10.5. The van der Waals surface area contributed by atoms with Crippen molar-refractivity contribution in [1.82, 2.24) is 0 Å². The molecule has 0 aliphatic carbocycles. The maximum Gasteiger partial charge on any atom is 0.0718 e. The van der Waals surface area contributed by atoms with Crippen LogP contribution in [0.4, 0.5) is 0 Å². The lowest BCUT2D eigenvalue weighted by atomic mass is 10.1. The van der Waals surface area contributed by atoms with Crippen LogP contribution in [0.3, 0.4) is 0 Å². The van der Waals surface area contributed by atoms with Gasteiger partial charge < -0.3 is 5.11 Å². The average Bonchev–Trinajstić information content (AvgIpc) is 2.19. The van der Waals surface area contributed by atoms with E-state index in [-0.39, 0.29) is 6.10 Å². The lowest BCUT2D eigenvalue weighted by molar-refractivity contribution is 0.218. The normalized spacial score (nSPS) is 14.6. The van der Waals surface area contributed by atoms with E-state index in [1.54, 1.807) is 0 Å². The first-order valence-electron chi connectivity index (χ1n) is 6.80. The van der Waals surface area contributed by atoms with Gasteiger partial charge in [-0.25, -0.2) is 0 Å². The van der Waals surface area contributed by atoms with Crippen molar-refractivity contribution < 1.29 is 5.11 Å². The fourth-order valence-corrected chi connectivity index (χ4v) is 2.78. The van der Waals surface area contributed by atoms with Crippen LogP contribution in [0, 0.1) is 0 Å². The molecule has 1 N–H and O–H groups in total. The van der Waals surface area contributed by atoms with Crippen LogP contribution >= 0.6 is 0 Å². The summed E-state index contributed by atoms with van der Waals surface area (Å²) in [6, 6.07) is 1.22. The van der Waals surface area contributed by atoms with Gasteiger partial charge in [-0.2, -0.15) is 0 Å². The van der Waals surface area contributed by atoms with E-state index in [1.165, 1.54) is 31.7 Å².